The second kappa shape index (κ2) is 6.92. The highest BCUT2D eigenvalue weighted by Gasteiger charge is 2.18. The van der Waals surface area contributed by atoms with Crippen LogP contribution in [0.15, 0.2) is 29.2 Å². The van der Waals surface area contributed by atoms with Gasteiger partial charge in [0.2, 0.25) is 0 Å². The van der Waals surface area contributed by atoms with Crippen molar-refractivity contribution in [3.05, 3.63) is 24.3 Å². The van der Waals surface area contributed by atoms with Crippen molar-refractivity contribution >= 4 is 11.8 Å². The van der Waals surface area contributed by atoms with Crippen molar-refractivity contribution in [3.8, 4) is 5.75 Å². The molecule has 96 valence electrons. The van der Waals surface area contributed by atoms with E-state index in [4.69, 9.17) is 4.74 Å². The predicted octanol–water partition coefficient (Wildman–Crippen LogP) is 3.42. The van der Waals surface area contributed by atoms with Gasteiger partial charge in [-0.3, -0.25) is 0 Å². The largest absolute Gasteiger partial charge is 0.493 e. The molecule has 2 nitrogen and oxygen atoms in total. The highest BCUT2D eigenvalue weighted by atomic mass is 32.2. The standard InChI is InChI=1S/C14H23NOS/c1-5-15-10-14(2,3)11-16-12-6-8-13(17-4)9-7-12/h6-9,15H,5,10-11H2,1-4H3. The lowest BCUT2D eigenvalue weighted by molar-refractivity contribution is 0.177. The van der Waals surface area contributed by atoms with E-state index in [1.807, 2.05) is 12.1 Å². The topological polar surface area (TPSA) is 21.3 Å². The van der Waals surface area contributed by atoms with Crippen LogP contribution in [0.25, 0.3) is 0 Å². The summed E-state index contributed by atoms with van der Waals surface area (Å²) >= 11 is 1.75. The Labute approximate surface area is 109 Å². The van der Waals surface area contributed by atoms with E-state index in [0.29, 0.717) is 0 Å². The molecule has 0 fully saturated rings. The molecule has 0 saturated heterocycles. The Bertz CT molecular complexity index is 321. The molecule has 1 N–H and O–H groups in total. The predicted molar refractivity (Wildman–Crippen MR) is 76.0 cm³/mol. The number of hydrogen-bond acceptors (Lipinski definition) is 3. The van der Waals surface area contributed by atoms with Gasteiger partial charge in [-0.05, 0) is 37.1 Å². The van der Waals surface area contributed by atoms with Gasteiger partial charge in [0.15, 0.2) is 0 Å². The lowest BCUT2D eigenvalue weighted by Gasteiger charge is -2.25. The van der Waals surface area contributed by atoms with Gasteiger partial charge in [0.25, 0.3) is 0 Å². The molecular formula is C14H23NOS. The molecular weight excluding hydrogens is 230 g/mol. The third-order valence-corrected chi connectivity index (χ3v) is 3.29. The van der Waals surface area contributed by atoms with Crippen molar-refractivity contribution in [1.29, 1.82) is 0 Å². The summed E-state index contributed by atoms with van der Waals surface area (Å²) in [6.45, 7) is 9.27. The van der Waals surface area contributed by atoms with Gasteiger partial charge in [0.1, 0.15) is 5.75 Å². The highest BCUT2D eigenvalue weighted by Crippen LogP contribution is 2.21. The maximum atomic E-state index is 5.82. The summed E-state index contributed by atoms with van der Waals surface area (Å²) in [5, 5.41) is 3.36. The van der Waals surface area contributed by atoms with Crippen molar-refractivity contribution in [2.75, 3.05) is 26.0 Å². The lowest BCUT2D eigenvalue weighted by Crippen LogP contribution is -2.34. The van der Waals surface area contributed by atoms with Crippen LogP contribution in [-0.2, 0) is 0 Å². The normalized spacial score (nSPS) is 11.5. The van der Waals surface area contributed by atoms with Crippen LogP contribution in [0.4, 0.5) is 0 Å². The third-order valence-electron chi connectivity index (χ3n) is 2.54. The minimum Gasteiger partial charge on any atom is -0.493 e. The molecule has 0 heterocycles. The fraction of sp³-hybridized carbons (Fsp3) is 0.571. The molecule has 0 unspecified atom stereocenters. The van der Waals surface area contributed by atoms with Gasteiger partial charge in [-0.2, -0.15) is 0 Å². The van der Waals surface area contributed by atoms with E-state index < -0.39 is 0 Å². The first kappa shape index (κ1) is 14.4. The molecule has 0 spiro atoms. The van der Waals surface area contributed by atoms with E-state index in [9.17, 15) is 0 Å². The van der Waals surface area contributed by atoms with E-state index in [1.54, 1.807) is 11.8 Å². The van der Waals surface area contributed by atoms with E-state index in [2.05, 4.69) is 44.5 Å². The maximum Gasteiger partial charge on any atom is 0.119 e. The van der Waals surface area contributed by atoms with Gasteiger partial charge in [0, 0.05) is 16.9 Å². The van der Waals surface area contributed by atoms with E-state index in [-0.39, 0.29) is 5.41 Å². The summed E-state index contributed by atoms with van der Waals surface area (Å²) < 4.78 is 5.82. The Morgan fingerprint density at radius 1 is 1.24 bits per heavy atom. The Morgan fingerprint density at radius 2 is 1.88 bits per heavy atom. The van der Waals surface area contributed by atoms with Crippen molar-refractivity contribution in [2.24, 2.45) is 5.41 Å². The Morgan fingerprint density at radius 3 is 2.41 bits per heavy atom. The van der Waals surface area contributed by atoms with E-state index in [0.717, 1.165) is 25.4 Å². The first-order valence-electron chi connectivity index (χ1n) is 6.05. The van der Waals surface area contributed by atoms with Crippen LogP contribution >= 0.6 is 11.8 Å². The Hall–Kier alpha value is -0.670. The smallest absolute Gasteiger partial charge is 0.119 e. The number of ether oxygens (including phenoxy) is 1. The monoisotopic (exact) mass is 253 g/mol. The number of benzene rings is 1. The van der Waals surface area contributed by atoms with Crippen LogP contribution in [0.3, 0.4) is 0 Å². The molecule has 1 aromatic rings. The summed E-state index contributed by atoms with van der Waals surface area (Å²) in [6.07, 6.45) is 2.08. The fourth-order valence-electron chi connectivity index (χ4n) is 1.47. The van der Waals surface area contributed by atoms with Crippen molar-refractivity contribution in [1.82, 2.24) is 5.32 Å². The van der Waals surface area contributed by atoms with Gasteiger partial charge < -0.3 is 10.1 Å². The Balaban J connectivity index is 2.43. The van der Waals surface area contributed by atoms with Crippen LogP contribution in [0.1, 0.15) is 20.8 Å². The number of nitrogens with one attached hydrogen (secondary N) is 1. The second-order valence-electron chi connectivity index (χ2n) is 4.91. The minimum absolute atomic E-state index is 0.161. The summed E-state index contributed by atoms with van der Waals surface area (Å²) in [6, 6.07) is 8.26. The summed E-state index contributed by atoms with van der Waals surface area (Å²) in [5.41, 5.74) is 0.161. The van der Waals surface area contributed by atoms with Gasteiger partial charge in [-0.15, -0.1) is 11.8 Å². The zero-order chi connectivity index (χ0) is 12.7. The number of rotatable bonds is 7. The molecule has 0 saturated carbocycles. The third kappa shape index (κ3) is 5.46. The molecule has 0 aliphatic carbocycles. The van der Waals surface area contributed by atoms with Crippen LogP contribution in [-0.4, -0.2) is 26.0 Å². The van der Waals surface area contributed by atoms with Crippen LogP contribution in [0.5, 0.6) is 5.75 Å². The molecule has 3 heteroatoms. The molecule has 0 atom stereocenters. The summed E-state index contributed by atoms with van der Waals surface area (Å²) in [7, 11) is 0. The van der Waals surface area contributed by atoms with Crippen LogP contribution in [0, 0.1) is 5.41 Å². The number of thioether (sulfide) groups is 1. The zero-order valence-electron chi connectivity index (χ0n) is 11.2. The van der Waals surface area contributed by atoms with Gasteiger partial charge in [0.05, 0.1) is 6.61 Å². The molecule has 0 radical (unpaired) electrons. The first-order chi connectivity index (χ1) is 8.07. The average Bonchev–Trinajstić information content (AvgIpc) is 2.35. The first-order valence-corrected chi connectivity index (χ1v) is 7.27. The maximum absolute atomic E-state index is 5.82. The quantitative estimate of drug-likeness (QED) is 0.752. The van der Waals surface area contributed by atoms with E-state index in [1.165, 1.54) is 4.90 Å². The highest BCUT2D eigenvalue weighted by molar-refractivity contribution is 7.98. The van der Waals surface area contributed by atoms with Gasteiger partial charge in [-0.1, -0.05) is 20.8 Å². The second-order valence-corrected chi connectivity index (χ2v) is 5.79. The Kier molecular flexibility index (Phi) is 5.86. The molecule has 0 aliphatic heterocycles. The molecule has 17 heavy (non-hydrogen) atoms. The fourth-order valence-corrected chi connectivity index (χ4v) is 1.87. The van der Waals surface area contributed by atoms with Crippen molar-refractivity contribution in [3.63, 3.8) is 0 Å². The van der Waals surface area contributed by atoms with E-state index >= 15 is 0 Å². The molecule has 0 bridgehead atoms. The lowest BCUT2D eigenvalue weighted by atomic mass is 9.95. The number of hydrogen-bond donors (Lipinski definition) is 1. The SMILES string of the molecule is CCNCC(C)(C)COc1ccc(SC)cc1. The van der Waals surface area contributed by atoms with Crippen molar-refractivity contribution < 1.29 is 4.74 Å². The zero-order valence-corrected chi connectivity index (χ0v) is 12.1. The minimum atomic E-state index is 0.161. The average molecular weight is 253 g/mol. The molecule has 0 amide bonds. The molecule has 1 aromatic carbocycles. The molecule has 1 rings (SSSR count). The van der Waals surface area contributed by atoms with Crippen molar-refractivity contribution in [2.45, 2.75) is 25.7 Å². The summed E-state index contributed by atoms with van der Waals surface area (Å²) in [4.78, 5) is 1.27. The van der Waals surface area contributed by atoms with Gasteiger partial charge in [-0.25, -0.2) is 0 Å². The van der Waals surface area contributed by atoms with Crippen LogP contribution < -0.4 is 10.1 Å². The van der Waals surface area contributed by atoms with Crippen LogP contribution in [0.2, 0.25) is 0 Å². The van der Waals surface area contributed by atoms with Gasteiger partial charge >= 0.3 is 0 Å². The summed E-state index contributed by atoms with van der Waals surface area (Å²) in [5.74, 6) is 0.951. The molecule has 0 aromatic heterocycles. The molecule has 0 aliphatic rings.